The molecule has 0 spiro atoms. The smallest absolute Gasteiger partial charge is 0.166 e. The number of aromatic nitrogens is 2. The molecule has 3 aromatic rings. The van der Waals surface area contributed by atoms with Gasteiger partial charge >= 0.3 is 0 Å². The fraction of sp³-hybridized carbons (Fsp3) is 0.0667. The van der Waals surface area contributed by atoms with Gasteiger partial charge in [0.15, 0.2) is 5.69 Å². The lowest BCUT2D eigenvalue weighted by molar-refractivity contribution is 0.416. The number of methoxy groups -OCH3 is 1. The minimum Gasteiger partial charge on any atom is -0.496 e. The third-order valence-electron chi connectivity index (χ3n) is 3.06. The van der Waals surface area contributed by atoms with Crippen LogP contribution in [0.25, 0.3) is 16.9 Å². The van der Waals surface area contributed by atoms with Gasteiger partial charge in [-0.3, -0.25) is 4.40 Å². The molecule has 1 aromatic carbocycles. The van der Waals surface area contributed by atoms with Crippen LogP contribution in [0, 0.1) is 11.3 Å². The summed E-state index contributed by atoms with van der Waals surface area (Å²) in [5.74, 6) is 1.41. The molecule has 0 aliphatic rings. The SMILES string of the molecule is COc1ccc(Br)cc1-c1nc(C#N)c2ccccn12. The van der Waals surface area contributed by atoms with Crippen LogP contribution < -0.4 is 4.74 Å². The summed E-state index contributed by atoms with van der Waals surface area (Å²) < 4.78 is 8.21. The van der Waals surface area contributed by atoms with E-state index >= 15 is 0 Å². The average molecular weight is 328 g/mol. The zero-order valence-corrected chi connectivity index (χ0v) is 12.3. The van der Waals surface area contributed by atoms with E-state index in [2.05, 4.69) is 27.0 Å². The highest BCUT2D eigenvalue weighted by Crippen LogP contribution is 2.33. The van der Waals surface area contributed by atoms with E-state index in [1.54, 1.807) is 7.11 Å². The highest BCUT2D eigenvalue weighted by Gasteiger charge is 2.15. The first-order chi connectivity index (χ1) is 9.74. The number of fused-ring (bicyclic) bond motifs is 1. The van der Waals surface area contributed by atoms with Crippen LogP contribution in [0.4, 0.5) is 0 Å². The summed E-state index contributed by atoms with van der Waals surface area (Å²) in [7, 11) is 1.62. The molecule has 0 atom stereocenters. The van der Waals surface area contributed by atoms with E-state index in [-0.39, 0.29) is 0 Å². The first-order valence-corrected chi connectivity index (χ1v) is 6.75. The van der Waals surface area contributed by atoms with Crippen LogP contribution in [0.2, 0.25) is 0 Å². The quantitative estimate of drug-likeness (QED) is 0.722. The van der Waals surface area contributed by atoms with E-state index in [1.165, 1.54) is 0 Å². The Balaban J connectivity index is 2.36. The molecule has 0 amide bonds. The number of hydrogen-bond acceptors (Lipinski definition) is 3. The molecule has 0 bridgehead atoms. The lowest BCUT2D eigenvalue weighted by atomic mass is 10.2. The molecule has 0 radical (unpaired) electrons. The summed E-state index contributed by atoms with van der Waals surface area (Å²) in [5, 5.41) is 9.21. The third kappa shape index (κ3) is 1.95. The summed E-state index contributed by atoms with van der Waals surface area (Å²) in [5.41, 5.74) is 2.03. The Labute approximate surface area is 124 Å². The third-order valence-corrected chi connectivity index (χ3v) is 3.55. The van der Waals surface area contributed by atoms with Crippen LogP contribution in [0.3, 0.4) is 0 Å². The number of ether oxygens (including phenoxy) is 1. The van der Waals surface area contributed by atoms with Gasteiger partial charge in [0.2, 0.25) is 0 Å². The molecule has 0 fully saturated rings. The van der Waals surface area contributed by atoms with Crippen molar-refractivity contribution < 1.29 is 4.74 Å². The molecule has 0 saturated heterocycles. The number of pyridine rings is 1. The molecule has 2 heterocycles. The first-order valence-electron chi connectivity index (χ1n) is 5.95. The van der Waals surface area contributed by atoms with Crippen molar-refractivity contribution in [1.82, 2.24) is 9.38 Å². The molecule has 4 nitrogen and oxygen atoms in total. The van der Waals surface area contributed by atoms with Gasteiger partial charge in [0.05, 0.1) is 18.2 Å². The van der Waals surface area contributed by atoms with E-state index in [1.807, 2.05) is 47.0 Å². The topological polar surface area (TPSA) is 50.3 Å². The van der Waals surface area contributed by atoms with Gasteiger partial charge in [-0.05, 0) is 30.3 Å². The summed E-state index contributed by atoms with van der Waals surface area (Å²) in [6.07, 6.45) is 1.89. The first kappa shape index (κ1) is 12.7. The normalized spacial score (nSPS) is 10.4. The number of rotatable bonds is 2. The van der Waals surface area contributed by atoms with Gasteiger partial charge in [0.25, 0.3) is 0 Å². The Morgan fingerprint density at radius 2 is 2.15 bits per heavy atom. The zero-order chi connectivity index (χ0) is 14.1. The molecule has 0 N–H and O–H groups in total. The molecule has 5 heteroatoms. The molecule has 0 saturated carbocycles. The predicted molar refractivity (Wildman–Crippen MR) is 79.6 cm³/mol. The lowest BCUT2D eigenvalue weighted by Crippen LogP contribution is -1.93. The van der Waals surface area contributed by atoms with Gasteiger partial charge in [0, 0.05) is 10.7 Å². The van der Waals surface area contributed by atoms with Crippen molar-refractivity contribution in [1.29, 1.82) is 5.26 Å². The molecular weight excluding hydrogens is 318 g/mol. The second-order valence-electron chi connectivity index (χ2n) is 4.20. The number of imidazole rings is 1. The summed E-state index contributed by atoms with van der Waals surface area (Å²) in [6, 6.07) is 13.5. The van der Waals surface area contributed by atoms with Crippen molar-refractivity contribution in [3.63, 3.8) is 0 Å². The largest absolute Gasteiger partial charge is 0.496 e. The van der Waals surface area contributed by atoms with Crippen molar-refractivity contribution in [2.75, 3.05) is 7.11 Å². The highest BCUT2D eigenvalue weighted by atomic mass is 79.9. The zero-order valence-electron chi connectivity index (χ0n) is 10.7. The molecule has 20 heavy (non-hydrogen) atoms. The number of hydrogen-bond donors (Lipinski definition) is 0. The van der Waals surface area contributed by atoms with Crippen molar-refractivity contribution >= 4 is 21.4 Å². The van der Waals surface area contributed by atoms with Gasteiger partial charge in [-0.2, -0.15) is 5.26 Å². The van der Waals surface area contributed by atoms with Crippen molar-refractivity contribution in [3.8, 4) is 23.2 Å². The number of benzene rings is 1. The van der Waals surface area contributed by atoms with Crippen LogP contribution in [0.1, 0.15) is 5.69 Å². The van der Waals surface area contributed by atoms with Crippen molar-refractivity contribution in [2.45, 2.75) is 0 Å². The van der Waals surface area contributed by atoms with E-state index in [9.17, 15) is 5.26 Å². The summed E-state index contributed by atoms with van der Waals surface area (Å²) in [6.45, 7) is 0. The van der Waals surface area contributed by atoms with Gasteiger partial charge < -0.3 is 4.74 Å². The Morgan fingerprint density at radius 3 is 2.90 bits per heavy atom. The fourth-order valence-electron chi connectivity index (χ4n) is 2.17. The lowest BCUT2D eigenvalue weighted by Gasteiger charge is -2.08. The minimum absolute atomic E-state index is 0.405. The van der Waals surface area contributed by atoms with Crippen molar-refractivity contribution in [3.05, 3.63) is 52.8 Å². The maximum Gasteiger partial charge on any atom is 0.166 e. The monoisotopic (exact) mass is 327 g/mol. The molecule has 0 aliphatic carbocycles. The Bertz CT molecular complexity index is 833. The Kier molecular flexibility index (Phi) is 3.17. The van der Waals surface area contributed by atoms with E-state index in [0.717, 1.165) is 15.6 Å². The van der Waals surface area contributed by atoms with E-state index in [4.69, 9.17) is 4.74 Å². The number of nitriles is 1. The molecule has 0 aliphatic heterocycles. The van der Waals surface area contributed by atoms with Crippen LogP contribution in [-0.4, -0.2) is 16.5 Å². The highest BCUT2D eigenvalue weighted by molar-refractivity contribution is 9.10. The summed E-state index contributed by atoms with van der Waals surface area (Å²) >= 11 is 3.45. The molecule has 2 aromatic heterocycles. The average Bonchev–Trinajstić information content (AvgIpc) is 2.86. The van der Waals surface area contributed by atoms with Crippen molar-refractivity contribution in [2.24, 2.45) is 0 Å². The second-order valence-corrected chi connectivity index (χ2v) is 5.11. The van der Waals surface area contributed by atoms with Gasteiger partial charge in [-0.25, -0.2) is 4.98 Å². The molecule has 0 unspecified atom stereocenters. The fourth-order valence-corrected chi connectivity index (χ4v) is 2.53. The molecular formula is C15H10BrN3O. The summed E-state index contributed by atoms with van der Waals surface area (Å²) in [4.78, 5) is 4.43. The van der Waals surface area contributed by atoms with Crippen LogP contribution in [0.15, 0.2) is 47.1 Å². The van der Waals surface area contributed by atoms with Crippen LogP contribution >= 0.6 is 15.9 Å². The van der Waals surface area contributed by atoms with Gasteiger partial charge in [0.1, 0.15) is 17.6 Å². The standard InChI is InChI=1S/C15H10BrN3O/c1-20-14-6-5-10(16)8-11(14)15-18-12(9-17)13-4-2-3-7-19(13)15/h2-8H,1H3. The van der Waals surface area contributed by atoms with Crippen LogP contribution in [0.5, 0.6) is 5.75 Å². The second kappa shape index (κ2) is 4.99. The van der Waals surface area contributed by atoms with Gasteiger partial charge in [-0.1, -0.05) is 22.0 Å². The molecule has 3 rings (SSSR count). The van der Waals surface area contributed by atoms with Gasteiger partial charge in [-0.15, -0.1) is 0 Å². The maximum absolute atomic E-state index is 9.21. The minimum atomic E-state index is 0.405. The maximum atomic E-state index is 9.21. The Hall–Kier alpha value is -2.32. The van der Waals surface area contributed by atoms with E-state index < -0.39 is 0 Å². The molecule has 98 valence electrons. The number of halogens is 1. The van der Waals surface area contributed by atoms with E-state index in [0.29, 0.717) is 17.3 Å². The van der Waals surface area contributed by atoms with Crippen LogP contribution in [-0.2, 0) is 0 Å². The predicted octanol–water partition coefficient (Wildman–Crippen LogP) is 3.64. The Morgan fingerprint density at radius 1 is 1.30 bits per heavy atom. The number of nitrogens with zero attached hydrogens (tertiary/aromatic N) is 3.